The molecule has 0 aliphatic rings. The minimum absolute atomic E-state index is 0.408. The highest BCUT2D eigenvalue weighted by atomic mass is 79.9. The van der Waals surface area contributed by atoms with Gasteiger partial charge < -0.3 is 5.32 Å². The van der Waals surface area contributed by atoms with E-state index >= 15 is 0 Å². The number of carbonyl (C=O) groups is 1. The van der Waals surface area contributed by atoms with E-state index in [1.807, 2.05) is 10.1 Å². The summed E-state index contributed by atoms with van der Waals surface area (Å²) in [6.07, 6.45) is 0. The zero-order valence-corrected chi connectivity index (χ0v) is 10.4. The summed E-state index contributed by atoms with van der Waals surface area (Å²) in [5.41, 5.74) is -1.51. The van der Waals surface area contributed by atoms with E-state index in [9.17, 15) is 14.4 Å². The molecule has 1 aromatic carbocycles. The molecular formula is C10H7BrN4O3. The van der Waals surface area contributed by atoms with Gasteiger partial charge in [0.2, 0.25) is 5.69 Å². The van der Waals surface area contributed by atoms with Crippen LogP contribution >= 0.6 is 15.9 Å². The zero-order valence-electron chi connectivity index (χ0n) is 8.86. The van der Waals surface area contributed by atoms with Crippen molar-refractivity contribution in [1.82, 2.24) is 15.2 Å². The molecule has 0 saturated heterocycles. The Labute approximate surface area is 108 Å². The Kier molecular flexibility index (Phi) is 3.38. The average Bonchev–Trinajstić information content (AvgIpc) is 2.28. The van der Waals surface area contributed by atoms with Gasteiger partial charge in [0.25, 0.3) is 11.5 Å². The Bertz CT molecular complexity index is 707. The number of halogens is 1. The van der Waals surface area contributed by atoms with Gasteiger partial charge in [-0.25, -0.2) is 9.89 Å². The van der Waals surface area contributed by atoms with Gasteiger partial charge in [0.05, 0.1) is 0 Å². The largest absolute Gasteiger partial charge is 0.342 e. The Balaban J connectivity index is 2.27. The third-order valence-electron chi connectivity index (χ3n) is 2.01. The number of aromatic nitrogens is 3. The second kappa shape index (κ2) is 4.96. The first kappa shape index (κ1) is 12.2. The molecule has 0 bridgehead atoms. The van der Waals surface area contributed by atoms with Crippen LogP contribution in [0.2, 0.25) is 0 Å². The van der Waals surface area contributed by atoms with Gasteiger partial charge in [-0.2, -0.15) is 5.10 Å². The molecular weight excluding hydrogens is 304 g/mol. The number of rotatable bonds is 2. The molecule has 0 radical (unpaired) electrons. The molecule has 2 rings (SSSR count). The summed E-state index contributed by atoms with van der Waals surface area (Å²) in [4.78, 5) is 35.7. The third-order valence-corrected chi connectivity index (χ3v) is 2.50. The van der Waals surface area contributed by atoms with Crippen molar-refractivity contribution in [2.75, 3.05) is 5.32 Å². The number of nitrogens with one attached hydrogen (secondary N) is 3. The minimum atomic E-state index is -0.841. The lowest BCUT2D eigenvalue weighted by molar-refractivity contribution is 0.101. The first-order valence-corrected chi connectivity index (χ1v) is 5.61. The van der Waals surface area contributed by atoms with E-state index in [1.165, 1.54) is 0 Å². The molecule has 3 N–H and O–H groups in total. The van der Waals surface area contributed by atoms with E-state index in [-0.39, 0.29) is 0 Å². The van der Waals surface area contributed by atoms with Crippen molar-refractivity contribution in [3.05, 3.63) is 55.3 Å². The van der Waals surface area contributed by atoms with Crippen LogP contribution in [0.5, 0.6) is 0 Å². The number of benzene rings is 1. The van der Waals surface area contributed by atoms with Gasteiger partial charge >= 0.3 is 5.69 Å². The summed E-state index contributed by atoms with van der Waals surface area (Å²) in [5.74, 6) is -0.703. The van der Waals surface area contributed by atoms with Crippen LogP contribution in [0.4, 0.5) is 5.69 Å². The number of aromatic amines is 2. The lowest BCUT2D eigenvalue weighted by Crippen LogP contribution is -2.32. The van der Waals surface area contributed by atoms with Gasteiger partial charge in [0.15, 0.2) is 0 Å². The molecule has 0 fully saturated rings. The maximum Gasteiger partial charge on any atom is 0.342 e. The van der Waals surface area contributed by atoms with E-state index in [1.54, 1.807) is 24.3 Å². The molecule has 7 nitrogen and oxygen atoms in total. The smallest absolute Gasteiger partial charge is 0.320 e. The molecule has 0 atom stereocenters. The Morgan fingerprint density at radius 2 is 2.11 bits per heavy atom. The highest BCUT2D eigenvalue weighted by Gasteiger charge is 2.13. The Hall–Kier alpha value is -2.22. The number of carbonyl (C=O) groups excluding carboxylic acids is 1. The predicted octanol–water partition coefficient (Wildman–Crippen LogP) is 0.473. The predicted molar refractivity (Wildman–Crippen MR) is 67.6 cm³/mol. The van der Waals surface area contributed by atoms with Gasteiger partial charge in [-0.15, -0.1) is 0 Å². The van der Waals surface area contributed by atoms with Crippen molar-refractivity contribution >= 4 is 27.5 Å². The highest BCUT2D eigenvalue weighted by Crippen LogP contribution is 2.15. The number of anilines is 1. The minimum Gasteiger partial charge on any atom is -0.320 e. The molecule has 8 heteroatoms. The van der Waals surface area contributed by atoms with Crippen molar-refractivity contribution in [3.8, 4) is 0 Å². The summed E-state index contributed by atoms with van der Waals surface area (Å²) >= 11 is 3.25. The normalized spacial score (nSPS) is 10.1. The van der Waals surface area contributed by atoms with E-state index in [0.717, 1.165) is 4.47 Å². The standard InChI is InChI=1S/C10H7BrN4O3/c11-5-2-1-3-6(4-5)12-8(16)7-9(17)13-10(18)15-14-7/h1-4H,(H,12,16)(H2,13,15,17,18). The topological polar surface area (TPSA) is 108 Å². The van der Waals surface area contributed by atoms with Gasteiger partial charge in [-0.1, -0.05) is 22.0 Å². The van der Waals surface area contributed by atoms with Crippen LogP contribution < -0.4 is 16.6 Å². The van der Waals surface area contributed by atoms with Gasteiger partial charge in [0.1, 0.15) is 0 Å². The molecule has 0 aliphatic heterocycles. The summed E-state index contributed by atoms with van der Waals surface area (Å²) in [5, 5.41) is 7.86. The number of hydrogen-bond donors (Lipinski definition) is 3. The van der Waals surface area contributed by atoms with Crippen LogP contribution in [0, 0.1) is 0 Å². The van der Waals surface area contributed by atoms with Crippen molar-refractivity contribution in [2.24, 2.45) is 0 Å². The van der Waals surface area contributed by atoms with Crippen LogP contribution in [0.3, 0.4) is 0 Å². The summed E-state index contributed by atoms with van der Waals surface area (Å²) < 4.78 is 0.781. The molecule has 0 spiro atoms. The fraction of sp³-hybridized carbons (Fsp3) is 0. The van der Waals surface area contributed by atoms with Crippen molar-refractivity contribution < 1.29 is 4.79 Å². The molecule has 1 amide bonds. The number of hydrogen-bond acceptors (Lipinski definition) is 4. The van der Waals surface area contributed by atoms with E-state index in [0.29, 0.717) is 5.69 Å². The second-order valence-corrected chi connectivity index (χ2v) is 4.24. The third kappa shape index (κ3) is 2.72. The lowest BCUT2D eigenvalue weighted by Gasteiger charge is -2.03. The summed E-state index contributed by atoms with van der Waals surface area (Å²) in [6, 6.07) is 6.84. The van der Waals surface area contributed by atoms with Crippen LogP contribution in [-0.4, -0.2) is 21.1 Å². The van der Waals surface area contributed by atoms with Crippen molar-refractivity contribution in [1.29, 1.82) is 0 Å². The zero-order chi connectivity index (χ0) is 13.1. The SMILES string of the molecule is O=C(Nc1cccc(Br)c1)c1n[nH]c(=O)[nH]c1=O. The fourth-order valence-electron chi connectivity index (χ4n) is 1.26. The lowest BCUT2D eigenvalue weighted by atomic mass is 10.3. The molecule has 18 heavy (non-hydrogen) atoms. The molecule has 0 aliphatic carbocycles. The Morgan fingerprint density at radius 3 is 2.78 bits per heavy atom. The second-order valence-electron chi connectivity index (χ2n) is 3.32. The van der Waals surface area contributed by atoms with Crippen LogP contribution in [0.15, 0.2) is 38.3 Å². The van der Waals surface area contributed by atoms with Crippen LogP contribution in [0.1, 0.15) is 10.5 Å². The summed E-state index contributed by atoms with van der Waals surface area (Å²) in [6.45, 7) is 0. The molecule has 0 unspecified atom stereocenters. The van der Waals surface area contributed by atoms with E-state index in [4.69, 9.17) is 0 Å². The van der Waals surface area contributed by atoms with Crippen LogP contribution in [0.25, 0.3) is 0 Å². The van der Waals surface area contributed by atoms with Crippen LogP contribution in [-0.2, 0) is 0 Å². The maximum absolute atomic E-state index is 11.7. The molecule has 0 saturated carbocycles. The first-order valence-electron chi connectivity index (χ1n) is 4.82. The number of amides is 1. The molecule has 1 aromatic heterocycles. The highest BCUT2D eigenvalue weighted by molar-refractivity contribution is 9.10. The van der Waals surface area contributed by atoms with Crippen molar-refractivity contribution in [2.45, 2.75) is 0 Å². The maximum atomic E-state index is 11.7. The van der Waals surface area contributed by atoms with Gasteiger partial charge in [-0.3, -0.25) is 14.6 Å². The van der Waals surface area contributed by atoms with Crippen molar-refractivity contribution in [3.63, 3.8) is 0 Å². The quantitative estimate of drug-likeness (QED) is 0.749. The first-order chi connectivity index (χ1) is 8.56. The average molecular weight is 311 g/mol. The van der Waals surface area contributed by atoms with Gasteiger partial charge in [0, 0.05) is 10.2 Å². The fourth-order valence-corrected chi connectivity index (χ4v) is 1.66. The number of nitrogens with zero attached hydrogens (tertiary/aromatic N) is 1. The number of H-pyrrole nitrogens is 2. The molecule has 2 aromatic rings. The van der Waals surface area contributed by atoms with E-state index < -0.39 is 22.9 Å². The van der Waals surface area contributed by atoms with Gasteiger partial charge in [-0.05, 0) is 18.2 Å². The monoisotopic (exact) mass is 310 g/mol. The molecule has 1 heterocycles. The summed E-state index contributed by atoms with van der Waals surface area (Å²) in [7, 11) is 0. The van der Waals surface area contributed by atoms with E-state index in [2.05, 4.69) is 26.3 Å². The molecule has 92 valence electrons. The Morgan fingerprint density at radius 1 is 1.33 bits per heavy atom.